The fourth-order valence-electron chi connectivity index (χ4n) is 1.37. The average molecular weight is 257 g/mol. The van der Waals surface area contributed by atoms with Gasteiger partial charge >= 0.3 is 0 Å². The van der Waals surface area contributed by atoms with Crippen LogP contribution in [0.5, 0.6) is 0 Å². The van der Waals surface area contributed by atoms with Crippen LogP contribution in [0.2, 0.25) is 0 Å². The SMILES string of the molecule is CC1CO1.Nc1nc2c(c(=O)[nH]1)NCN2C(O)O. The zero-order chi connectivity index (χ0) is 13.3. The lowest BCUT2D eigenvalue weighted by Gasteiger charge is -2.18. The van der Waals surface area contributed by atoms with Gasteiger partial charge in [-0.05, 0) is 6.92 Å². The largest absolute Gasteiger partial charge is 0.373 e. The van der Waals surface area contributed by atoms with Gasteiger partial charge in [0.05, 0.1) is 19.4 Å². The number of epoxide rings is 1. The molecule has 0 aromatic carbocycles. The summed E-state index contributed by atoms with van der Waals surface area (Å²) in [6, 6.07) is 0. The molecule has 1 saturated heterocycles. The second kappa shape index (κ2) is 4.80. The van der Waals surface area contributed by atoms with E-state index in [1.165, 1.54) is 0 Å². The number of aliphatic hydroxyl groups excluding tert-OH is 1. The van der Waals surface area contributed by atoms with Crippen molar-refractivity contribution in [1.29, 1.82) is 0 Å². The van der Waals surface area contributed by atoms with Crippen molar-refractivity contribution in [3.63, 3.8) is 0 Å². The number of anilines is 3. The first-order valence-corrected chi connectivity index (χ1v) is 5.37. The highest BCUT2D eigenvalue weighted by Gasteiger charge is 2.27. The van der Waals surface area contributed by atoms with Crippen LogP contribution in [0.4, 0.5) is 17.5 Å². The van der Waals surface area contributed by atoms with Gasteiger partial charge < -0.3 is 26.0 Å². The van der Waals surface area contributed by atoms with Crippen LogP contribution in [0, 0.1) is 0 Å². The number of ether oxygens (including phenoxy) is 1. The van der Waals surface area contributed by atoms with E-state index in [2.05, 4.69) is 22.2 Å². The third kappa shape index (κ3) is 2.70. The lowest BCUT2D eigenvalue weighted by molar-refractivity contribution is -0.0393. The Morgan fingerprint density at radius 2 is 2.22 bits per heavy atom. The van der Waals surface area contributed by atoms with Gasteiger partial charge in [-0.3, -0.25) is 14.7 Å². The first-order chi connectivity index (χ1) is 8.49. The number of nitrogens with zero attached hydrogens (tertiary/aromatic N) is 2. The molecule has 2 aliphatic heterocycles. The lowest BCUT2D eigenvalue weighted by atomic mass is 10.5. The highest BCUT2D eigenvalue weighted by Crippen LogP contribution is 2.25. The van der Waals surface area contributed by atoms with Gasteiger partial charge in [0, 0.05) is 0 Å². The Morgan fingerprint density at radius 3 is 2.72 bits per heavy atom. The zero-order valence-corrected chi connectivity index (χ0v) is 9.75. The van der Waals surface area contributed by atoms with Crippen LogP contribution >= 0.6 is 0 Å². The van der Waals surface area contributed by atoms with Gasteiger partial charge in [0.25, 0.3) is 5.56 Å². The number of rotatable bonds is 1. The Morgan fingerprint density at radius 1 is 1.61 bits per heavy atom. The Kier molecular flexibility index (Phi) is 3.36. The molecule has 1 unspecified atom stereocenters. The van der Waals surface area contributed by atoms with E-state index in [4.69, 9.17) is 20.7 Å². The lowest BCUT2D eigenvalue weighted by Crippen LogP contribution is -2.35. The number of aromatic nitrogens is 2. The minimum Gasteiger partial charge on any atom is -0.373 e. The van der Waals surface area contributed by atoms with Crippen LogP contribution in [0.3, 0.4) is 0 Å². The van der Waals surface area contributed by atoms with Crippen molar-refractivity contribution in [3.8, 4) is 0 Å². The third-order valence-corrected chi connectivity index (χ3v) is 2.40. The molecule has 100 valence electrons. The molecule has 9 nitrogen and oxygen atoms in total. The van der Waals surface area contributed by atoms with Crippen LogP contribution in [0.1, 0.15) is 6.92 Å². The molecule has 0 aliphatic carbocycles. The van der Waals surface area contributed by atoms with Gasteiger partial charge in [-0.1, -0.05) is 0 Å². The maximum atomic E-state index is 11.3. The molecular weight excluding hydrogens is 242 g/mol. The number of hydrogen-bond acceptors (Lipinski definition) is 8. The molecule has 0 radical (unpaired) electrons. The number of hydrogen-bond donors (Lipinski definition) is 5. The zero-order valence-electron chi connectivity index (χ0n) is 9.75. The predicted octanol–water partition coefficient (Wildman–Crippen LogP) is -1.79. The molecule has 1 fully saturated rings. The molecule has 3 heterocycles. The van der Waals surface area contributed by atoms with E-state index in [1.54, 1.807) is 0 Å². The number of nitrogens with two attached hydrogens (primary N) is 1. The molecule has 9 heteroatoms. The summed E-state index contributed by atoms with van der Waals surface area (Å²) in [5.41, 5.74) is 5.06. The van der Waals surface area contributed by atoms with E-state index in [0.29, 0.717) is 6.10 Å². The summed E-state index contributed by atoms with van der Waals surface area (Å²) in [5, 5.41) is 20.5. The quantitative estimate of drug-likeness (QED) is 0.293. The number of H-pyrrole nitrogens is 1. The third-order valence-electron chi connectivity index (χ3n) is 2.40. The van der Waals surface area contributed by atoms with Crippen LogP contribution in [0.25, 0.3) is 0 Å². The molecule has 0 amide bonds. The normalized spacial score (nSPS) is 20.0. The molecule has 0 saturated carbocycles. The first kappa shape index (κ1) is 12.6. The molecule has 1 aromatic heterocycles. The molecule has 0 bridgehead atoms. The number of fused-ring (bicyclic) bond motifs is 1. The molecule has 2 aliphatic rings. The smallest absolute Gasteiger partial charge is 0.277 e. The molecule has 0 spiro atoms. The van der Waals surface area contributed by atoms with E-state index >= 15 is 0 Å². The van der Waals surface area contributed by atoms with Crippen LogP contribution < -0.4 is 21.5 Å². The van der Waals surface area contributed by atoms with Crippen LogP contribution in [-0.4, -0.2) is 46.0 Å². The van der Waals surface area contributed by atoms with Crippen molar-refractivity contribution < 1.29 is 14.9 Å². The second-order valence-electron chi connectivity index (χ2n) is 3.94. The van der Waals surface area contributed by atoms with Crippen molar-refractivity contribution in [2.24, 2.45) is 0 Å². The highest BCUT2D eigenvalue weighted by atomic mass is 16.6. The summed E-state index contributed by atoms with van der Waals surface area (Å²) >= 11 is 0. The van der Waals surface area contributed by atoms with Gasteiger partial charge in [0.2, 0.25) is 12.4 Å². The second-order valence-corrected chi connectivity index (χ2v) is 3.94. The van der Waals surface area contributed by atoms with Gasteiger partial charge in [0.1, 0.15) is 5.69 Å². The van der Waals surface area contributed by atoms with Crippen molar-refractivity contribution in [1.82, 2.24) is 9.97 Å². The van der Waals surface area contributed by atoms with E-state index in [1.807, 2.05) is 0 Å². The Hall–Kier alpha value is -1.84. The van der Waals surface area contributed by atoms with Crippen molar-refractivity contribution >= 4 is 17.5 Å². The molecule has 18 heavy (non-hydrogen) atoms. The topological polar surface area (TPSA) is 140 Å². The number of nitrogen functional groups attached to an aromatic ring is 1. The van der Waals surface area contributed by atoms with Gasteiger partial charge in [-0.2, -0.15) is 4.98 Å². The summed E-state index contributed by atoms with van der Waals surface area (Å²) in [4.78, 5) is 18.4. The van der Waals surface area contributed by atoms with Gasteiger partial charge in [-0.25, -0.2) is 0 Å². The summed E-state index contributed by atoms with van der Waals surface area (Å²) < 4.78 is 4.71. The van der Waals surface area contributed by atoms with E-state index in [-0.39, 0.29) is 24.1 Å². The Labute approximate surface area is 102 Å². The minimum atomic E-state index is -1.71. The summed E-state index contributed by atoms with van der Waals surface area (Å²) in [6.45, 7) is 3.15. The molecule has 1 atom stereocenters. The van der Waals surface area contributed by atoms with Gasteiger partial charge in [0.15, 0.2) is 5.82 Å². The monoisotopic (exact) mass is 257 g/mol. The number of aromatic amines is 1. The van der Waals surface area contributed by atoms with Crippen molar-refractivity contribution in [2.45, 2.75) is 19.4 Å². The van der Waals surface area contributed by atoms with Gasteiger partial charge in [-0.15, -0.1) is 0 Å². The fourth-order valence-corrected chi connectivity index (χ4v) is 1.37. The molecule has 1 aromatic rings. The van der Waals surface area contributed by atoms with E-state index in [0.717, 1.165) is 11.5 Å². The van der Waals surface area contributed by atoms with Crippen molar-refractivity contribution in [2.75, 3.05) is 29.2 Å². The molecular formula is C9H15N5O4. The fraction of sp³-hybridized carbons (Fsp3) is 0.556. The van der Waals surface area contributed by atoms with E-state index in [9.17, 15) is 4.79 Å². The standard InChI is InChI=1S/C6H9N5O3.C3H6O/c7-5-9-3-2(4(12)10-5)8-1-11(3)6(13)14;1-3-2-4-3/h6,8,13-14H,1H2,(H3,7,9,10,12);3H,2H2,1H3. The summed E-state index contributed by atoms with van der Waals surface area (Å²) in [5.74, 6) is 0.0735. The number of nitrogens with one attached hydrogen (secondary N) is 2. The minimum absolute atomic E-state index is 0.0666. The highest BCUT2D eigenvalue weighted by molar-refractivity contribution is 5.70. The van der Waals surface area contributed by atoms with Crippen LogP contribution in [0.15, 0.2) is 4.79 Å². The van der Waals surface area contributed by atoms with Crippen molar-refractivity contribution in [3.05, 3.63) is 10.4 Å². The Bertz CT molecular complexity index is 484. The maximum absolute atomic E-state index is 11.3. The van der Waals surface area contributed by atoms with Crippen LogP contribution in [-0.2, 0) is 4.74 Å². The Balaban J connectivity index is 0.000000256. The predicted molar refractivity (Wildman–Crippen MR) is 63.9 cm³/mol. The summed E-state index contributed by atoms with van der Waals surface area (Å²) in [6.07, 6.45) is -1.13. The van der Waals surface area contributed by atoms with E-state index < -0.39 is 12.0 Å². The maximum Gasteiger partial charge on any atom is 0.277 e. The molecule has 3 rings (SSSR count). The first-order valence-electron chi connectivity index (χ1n) is 5.37. The number of aliphatic hydroxyl groups is 2. The average Bonchev–Trinajstić information content (AvgIpc) is 2.94. The summed E-state index contributed by atoms with van der Waals surface area (Å²) in [7, 11) is 0. The molecule has 6 N–H and O–H groups in total.